The van der Waals surface area contributed by atoms with E-state index in [9.17, 15) is 13.6 Å². The second-order valence-corrected chi connectivity index (χ2v) is 4.56. The van der Waals surface area contributed by atoms with E-state index in [1.54, 1.807) is 16.8 Å². The molecular formula is C10H13BrF2N2O. The van der Waals surface area contributed by atoms with Gasteiger partial charge in [0.1, 0.15) is 5.69 Å². The van der Waals surface area contributed by atoms with Crippen LogP contribution in [0.2, 0.25) is 0 Å². The van der Waals surface area contributed by atoms with E-state index in [1.165, 1.54) is 0 Å². The Morgan fingerprint density at radius 3 is 2.69 bits per heavy atom. The van der Waals surface area contributed by atoms with Crippen molar-refractivity contribution in [3.8, 4) is 0 Å². The first-order valence-electron chi connectivity index (χ1n) is 4.85. The van der Waals surface area contributed by atoms with Gasteiger partial charge in [-0.05, 0) is 35.8 Å². The van der Waals surface area contributed by atoms with Crippen molar-refractivity contribution in [2.75, 3.05) is 6.54 Å². The molecule has 1 aromatic rings. The van der Waals surface area contributed by atoms with Gasteiger partial charge in [-0.15, -0.1) is 0 Å². The van der Waals surface area contributed by atoms with E-state index in [1.807, 2.05) is 13.8 Å². The molecule has 0 spiro atoms. The van der Waals surface area contributed by atoms with Gasteiger partial charge in [-0.1, -0.05) is 0 Å². The first-order chi connectivity index (χ1) is 7.41. The number of carbonyl (C=O) groups excluding carboxylic acids is 1. The molecule has 0 aliphatic rings. The van der Waals surface area contributed by atoms with Crippen LogP contribution in [-0.4, -0.2) is 23.4 Å². The summed E-state index contributed by atoms with van der Waals surface area (Å²) in [5.41, 5.74) is 0.377. The van der Waals surface area contributed by atoms with E-state index in [0.717, 1.165) is 4.47 Å². The van der Waals surface area contributed by atoms with Crippen molar-refractivity contribution >= 4 is 21.8 Å². The molecule has 1 N–H and O–H groups in total. The lowest BCUT2D eigenvalue weighted by Crippen LogP contribution is -2.30. The van der Waals surface area contributed by atoms with Gasteiger partial charge in [0.05, 0.1) is 6.54 Å². The molecule has 0 aliphatic heterocycles. The van der Waals surface area contributed by atoms with Gasteiger partial charge in [-0.2, -0.15) is 0 Å². The summed E-state index contributed by atoms with van der Waals surface area (Å²) in [5.74, 6) is -0.486. The number of carbonyl (C=O) groups is 1. The molecule has 0 aromatic carbocycles. The lowest BCUT2D eigenvalue weighted by Gasteiger charge is -2.12. The van der Waals surface area contributed by atoms with Crippen LogP contribution in [0.4, 0.5) is 8.78 Å². The summed E-state index contributed by atoms with van der Waals surface area (Å²) in [6.07, 6.45) is -0.781. The van der Waals surface area contributed by atoms with Crippen molar-refractivity contribution in [3.63, 3.8) is 0 Å². The minimum atomic E-state index is -2.53. The zero-order valence-electron chi connectivity index (χ0n) is 9.01. The largest absolute Gasteiger partial charge is 0.345 e. The van der Waals surface area contributed by atoms with Crippen molar-refractivity contribution in [3.05, 3.63) is 22.4 Å². The fourth-order valence-electron chi connectivity index (χ4n) is 1.32. The van der Waals surface area contributed by atoms with E-state index in [2.05, 4.69) is 21.2 Å². The average Bonchev–Trinajstić information content (AvgIpc) is 2.56. The number of hydrogen-bond donors (Lipinski definition) is 1. The number of aromatic nitrogens is 1. The van der Waals surface area contributed by atoms with E-state index in [4.69, 9.17) is 0 Å². The van der Waals surface area contributed by atoms with Crippen LogP contribution < -0.4 is 5.32 Å². The number of halogens is 3. The highest BCUT2D eigenvalue weighted by atomic mass is 79.9. The molecule has 0 fully saturated rings. The Bertz CT molecular complexity index is 377. The minimum Gasteiger partial charge on any atom is -0.345 e. The highest BCUT2D eigenvalue weighted by Gasteiger charge is 2.15. The van der Waals surface area contributed by atoms with Crippen molar-refractivity contribution in [2.45, 2.75) is 26.3 Å². The molecule has 0 radical (unpaired) electrons. The van der Waals surface area contributed by atoms with Crippen LogP contribution in [0.1, 0.15) is 30.4 Å². The lowest BCUT2D eigenvalue weighted by molar-refractivity contribution is 0.0881. The first-order valence-corrected chi connectivity index (χ1v) is 5.65. The molecule has 0 unspecified atom stereocenters. The van der Waals surface area contributed by atoms with Gasteiger partial charge in [0.2, 0.25) is 0 Å². The molecule has 0 saturated heterocycles. The van der Waals surface area contributed by atoms with Gasteiger partial charge in [-0.3, -0.25) is 4.79 Å². The molecule has 16 heavy (non-hydrogen) atoms. The number of nitrogens with zero attached hydrogens (tertiary/aromatic N) is 1. The molecule has 0 aliphatic carbocycles. The quantitative estimate of drug-likeness (QED) is 0.910. The van der Waals surface area contributed by atoms with Crippen LogP contribution >= 0.6 is 15.9 Å². The molecule has 1 aromatic heterocycles. The van der Waals surface area contributed by atoms with Crippen LogP contribution in [0, 0.1) is 0 Å². The number of rotatable bonds is 4. The van der Waals surface area contributed by atoms with Gasteiger partial charge < -0.3 is 9.88 Å². The predicted molar refractivity (Wildman–Crippen MR) is 60.9 cm³/mol. The Balaban J connectivity index is 2.82. The Hall–Kier alpha value is -0.910. The molecular weight excluding hydrogens is 282 g/mol. The monoisotopic (exact) mass is 294 g/mol. The normalized spacial score (nSPS) is 11.2. The maximum Gasteiger partial charge on any atom is 0.268 e. The van der Waals surface area contributed by atoms with Gasteiger partial charge in [0, 0.05) is 16.7 Å². The minimum absolute atomic E-state index is 0.0959. The molecule has 1 heterocycles. The van der Waals surface area contributed by atoms with Gasteiger partial charge >= 0.3 is 0 Å². The molecule has 90 valence electrons. The Morgan fingerprint density at radius 2 is 2.19 bits per heavy atom. The highest BCUT2D eigenvalue weighted by Crippen LogP contribution is 2.19. The molecule has 3 nitrogen and oxygen atoms in total. The van der Waals surface area contributed by atoms with Crippen LogP contribution in [-0.2, 0) is 0 Å². The molecule has 1 amide bonds. The van der Waals surface area contributed by atoms with E-state index < -0.39 is 18.9 Å². The topological polar surface area (TPSA) is 34.0 Å². The molecule has 1 rings (SSSR count). The fourth-order valence-corrected chi connectivity index (χ4v) is 1.75. The van der Waals surface area contributed by atoms with Crippen LogP contribution in [0.3, 0.4) is 0 Å². The SMILES string of the molecule is CC(C)n1cc(Br)cc1C(=O)NCC(F)F. The van der Waals surface area contributed by atoms with Crippen molar-refractivity contribution < 1.29 is 13.6 Å². The third-order valence-electron chi connectivity index (χ3n) is 2.02. The van der Waals surface area contributed by atoms with E-state index in [0.29, 0.717) is 5.69 Å². The Morgan fingerprint density at radius 1 is 1.56 bits per heavy atom. The Kier molecular flexibility index (Phi) is 4.46. The summed E-state index contributed by atoms with van der Waals surface area (Å²) in [4.78, 5) is 11.6. The maximum absolute atomic E-state index is 11.9. The third kappa shape index (κ3) is 3.30. The molecule has 0 atom stereocenters. The fraction of sp³-hybridized carbons (Fsp3) is 0.500. The number of hydrogen-bond acceptors (Lipinski definition) is 1. The van der Waals surface area contributed by atoms with Gasteiger partial charge in [-0.25, -0.2) is 8.78 Å². The van der Waals surface area contributed by atoms with Crippen molar-refractivity contribution in [1.29, 1.82) is 0 Å². The van der Waals surface area contributed by atoms with Crippen molar-refractivity contribution in [2.24, 2.45) is 0 Å². The van der Waals surface area contributed by atoms with Crippen molar-refractivity contribution in [1.82, 2.24) is 9.88 Å². The standard InChI is InChI=1S/C10H13BrF2N2O/c1-6(2)15-5-7(11)3-8(15)10(16)14-4-9(12)13/h3,5-6,9H,4H2,1-2H3,(H,14,16). The summed E-state index contributed by atoms with van der Waals surface area (Å²) in [5, 5.41) is 2.18. The van der Waals surface area contributed by atoms with Crippen LogP contribution in [0.15, 0.2) is 16.7 Å². The van der Waals surface area contributed by atoms with Crippen LogP contribution in [0.5, 0.6) is 0 Å². The van der Waals surface area contributed by atoms with Gasteiger partial charge in [0.15, 0.2) is 0 Å². The summed E-state index contributed by atoms with van der Waals surface area (Å²) in [6.45, 7) is 3.20. The smallest absolute Gasteiger partial charge is 0.268 e. The molecule has 6 heteroatoms. The van der Waals surface area contributed by atoms with E-state index >= 15 is 0 Å². The lowest BCUT2D eigenvalue weighted by atomic mass is 10.3. The van der Waals surface area contributed by atoms with Crippen LogP contribution in [0.25, 0.3) is 0 Å². The highest BCUT2D eigenvalue weighted by molar-refractivity contribution is 9.10. The maximum atomic E-state index is 11.9. The summed E-state index contributed by atoms with van der Waals surface area (Å²) in [7, 11) is 0. The molecule has 0 bridgehead atoms. The van der Waals surface area contributed by atoms with E-state index in [-0.39, 0.29) is 6.04 Å². The zero-order chi connectivity index (χ0) is 12.3. The zero-order valence-corrected chi connectivity index (χ0v) is 10.6. The Labute approximate surface area is 101 Å². The molecule has 0 saturated carbocycles. The average molecular weight is 295 g/mol. The number of nitrogens with one attached hydrogen (secondary N) is 1. The number of alkyl halides is 2. The summed E-state index contributed by atoms with van der Waals surface area (Å²) >= 11 is 3.25. The second-order valence-electron chi connectivity index (χ2n) is 3.65. The third-order valence-corrected chi connectivity index (χ3v) is 2.45. The summed E-state index contributed by atoms with van der Waals surface area (Å²) in [6, 6.07) is 1.71. The van der Waals surface area contributed by atoms with Gasteiger partial charge in [0.25, 0.3) is 12.3 Å². The summed E-state index contributed by atoms with van der Waals surface area (Å²) < 4.78 is 26.4. The predicted octanol–water partition coefficient (Wildman–Crippen LogP) is 2.83. The number of amides is 1. The first kappa shape index (κ1) is 13.2. The second kappa shape index (κ2) is 5.43.